The number of benzene rings is 2. The number of rotatable bonds is 13. The number of esters is 3. The molecular weight excluding hydrogens is 1210 g/mol. The number of hydrogen-bond donors (Lipinski definition) is 6. The molecule has 3 saturated heterocycles. The second kappa shape index (κ2) is 37.1. The Bertz CT molecular complexity index is 2870. The number of likely N-dealkylation sites (N-methyl/N-ethyl adjacent to an activating group) is 1. The van der Waals surface area contributed by atoms with Crippen molar-refractivity contribution in [2.75, 3.05) is 40.3 Å². The normalized spacial score (nSPS) is 29.3. The van der Waals surface area contributed by atoms with E-state index in [4.69, 9.17) is 23.7 Å². The largest absolute Gasteiger partial charge is 0.462 e. The fraction of sp³-hybridized carbons (Fsp3) is 0.671. The molecule has 0 aromatic heterocycles. The number of hydrogen-bond acceptors (Lipinski definition) is 17. The quantitative estimate of drug-likeness (QED) is 0.0857. The summed E-state index contributed by atoms with van der Waals surface area (Å²) in [6.45, 7) is 4.24. The molecule has 6 N–H and O–H groups in total. The van der Waals surface area contributed by atoms with Gasteiger partial charge in [-0.25, -0.2) is 4.79 Å². The maximum absolute atomic E-state index is 14.6. The van der Waals surface area contributed by atoms with Gasteiger partial charge in [0.25, 0.3) is 11.7 Å². The molecule has 7 amide bonds. The van der Waals surface area contributed by atoms with Gasteiger partial charge in [0.2, 0.25) is 41.2 Å². The van der Waals surface area contributed by atoms with E-state index in [1.165, 1.54) is 40.3 Å². The summed E-state index contributed by atoms with van der Waals surface area (Å²) in [5.41, 5.74) is 1.38. The van der Waals surface area contributed by atoms with Gasteiger partial charge in [0, 0.05) is 59.0 Å². The lowest BCUT2D eigenvalue weighted by Crippen LogP contribution is -2.60. The number of amides is 7. The van der Waals surface area contributed by atoms with Crippen LogP contribution in [0.5, 0.6) is 0 Å². The molecule has 2 bridgehead atoms. The highest BCUT2D eigenvalue weighted by Crippen LogP contribution is 2.38. The van der Waals surface area contributed by atoms with Crippen molar-refractivity contribution in [1.82, 2.24) is 36.4 Å². The Balaban J connectivity index is 1.06. The first-order valence-corrected chi connectivity index (χ1v) is 34.2. The molecule has 2 saturated carbocycles. The summed E-state index contributed by atoms with van der Waals surface area (Å²) in [6, 6.07) is 12.9. The number of cyclic esters (lactones) is 1. The molecular formula is C70H101N7O17. The molecule has 12 atom stereocenters. The van der Waals surface area contributed by atoms with Crippen molar-refractivity contribution in [3.63, 3.8) is 0 Å². The van der Waals surface area contributed by atoms with E-state index >= 15 is 0 Å². The van der Waals surface area contributed by atoms with Crippen LogP contribution >= 0.6 is 0 Å². The Morgan fingerprint density at radius 2 is 1.26 bits per heavy atom. The van der Waals surface area contributed by atoms with Crippen LogP contribution in [0, 0.1) is 17.8 Å². The van der Waals surface area contributed by atoms with Crippen LogP contribution in [0.4, 0.5) is 0 Å². The van der Waals surface area contributed by atoms with Crippen LogP contribution in [-0.4, -0.2) is 181 Å². The van der Waals surface area contributed by atoms with Gasteiger partial charge in [-0.15, -0.1) is 0 Å². The van der Waals surface area contributed by atoms with Crippen molar-refractivity contribution in [2.45, 2.75) is 242 Å². The Hall–Kier alpha value is -7.31. The zero-order valence-electron chi connectivity index (χ0n) is 55.6. The highest BCUT2D eigenvalue weighted by atomic mass is 16.6. The average Bonchev–Trinajstić information content (AvgIpc) is 0.779. The van der Waals surface area contributed by atoms with E-state index in [1.54, 1.807) is 67.6 Å². The van der Waals surface area contributed by atoms with E-state index in [9.17, 15) is 57.8 Å². The third-order valence-electron chi connectivity index (χ3n) is 19.1. The van der Waals surface area contributed by atoms with E-state index in [-0.39, 0.29) is 89.4 Å². The Labute approximate surface area is 552 Å². The predicted molar refractivity (Wildman–Crippen MR) is 344 cm³/mol. The number of piperidine rings is 1. The van der Waals surface area contributed by atoms with Crippen LogP contribution in [0.1, 0.15) is 180 Å². The van der Waals surface area contributed by atoms with Crippen molar-refractivity contribution < 1.29 is 81.5 Å². The molecule has 0 spiro atoms. The number of Topliss-reactive ketones (excluding diaryl/α,β-unsaturated/α-hetero) is 1. The average molecular weight is 1310 g/mol. The van der Waals surface area contributed by atoms with Gasteiger partial charge in [-0.2, -0.15) is 0 Å². The first-order valence-electron chi connectivity index (χ1n) is 34.2. The van der Waals surface area contributed by atoms with E-state index in [2.05, 4.69) is 26.6 Å². The number of fused-ring (bicyclic) bond motifs is 3. The van der Waals surface area contributed by atoms with Gasteiger partial charge < -0.3 is 65.2 Å². The van der Waals surface area contributed by atoms with E-state index in [1.807, 2.05) is 6.92 Å². The van der Waals surface area contributed by atoms with Crippen molar-refractivity contribution in [1.29, 1.82) is 0 Å². The molecule has 7 rings (SSSR count). The molecule has 0 unspecified atom stereocenters. The van der Waals surface area contributed by atoms with Crippen molar-refractivity contribution in [3.8, 4) is 0 Å². The molecule has 3 heterocycles. The summed E-state index contributed by atoms with van der Waals surface area (Å²) < 4.78 is 29.9. The van der Waals surface area contributed by atoms with Crippen molar-refractivity contribution in [3.05, 3.63) is 71.8 Å². The third-order valence-corrected chi connectivity index (χ3v) is 19.1. The minimum absolute atomic E-state index is 0.00451. The first kappa shape index (κ1) is 74.1. The molecule has 0 radical (unpaired) electrons. The van der Waals surface area contributed by atoms with Crippen LogP contribution in [-0.2, 0) is 89.3 Å². The Kier molecular flexibility index (Phi) is 29.3. The summed E-state index contributed by atoms with van der Waals surface area (Å²) in [4.78, 5) is 155. The molecule has 5 fully saturated rings. The zero-order valence-corrected chi connectivity index (χ0v) is 55.6. The number of carbonyl (C=O) groups excluding carboxylic acids is 11. The SMILES string of the molecule is CO[C@@H]1C[C@H](C[C@@H](C)[C@@H]2CC(=O)NCCNC(=O)CN(C)C(=O)[C@H](Cc3ccccc3)NC(=O)[C@H](Cc3ccccc3)NC(=O)[C@H](C)NC(=O)CC[C@@H]3CC[C@@H](C)[C@@](O)(O3)C(=O)C(=O)N3CCCC[C@H]3C(=O)O2)CC[C@H]1OC(=O)CCC(=O)OC1CCCCCCCCC1. The van der Waals surface area contributed by atoms with E-state index in [0.717, 1.165) is 48.3 Å². The predicted octanol–water partition coefficient (Wildman–Crippen LogP) is 5.16. The summed E-state index contributed by atoms with van der Waals surface area (Å²) in [5, 5.41) is 25.8. The maximum Gasteiger partial charge on any atom is 0.329 e. The number of methoxy groups -OCH3 is 1. The first-order chi connectivity index (χ1) is 45.1. The molecule has 2 aliphatic carbocycles. The lowest BCUT2D eigenvalue weighted by molar-refractivity contribution is -0.263. The molecule has 24 nitrogen and oxygen atoms in total. The lowest BCUT2D eigenvalue weighted by Gasteiger charge is -2.42. The van der Waals surface area contributed by atoms with Gasteiger partial charge in [0.1, 0.15) is 42.5 Å². The van der Waals surface area contributed by atoms with Crippen molar-refractivity contribution >= 4 is 65.0 Å². The minimum atomic E-state index is -2.63. The summed E-state index contributed by atoms with van der Waals surface area (Å²) >= 11 is 0. The van der Waals surface area contributed by atoms with Gasteiger partial charge in [0.15, 0.2) is 0 Å². The van der Waals surface area contributed by atoms with Crippen LogP contribution in [0.15, 0.2) is 60.7 Å². The number of carbonyl (C=O) groups is 11. The van der Waals surface area contributed by atoms with Gasteiger partial charge in [-0.3, -0.25) is 47.9 Å². The van der Waals surface area contributed by atoms with Gasteiger partial charge >= 0.3 is 17.9 Å². The molecule has 94 heavy (non-hydrogen) atoms. The topological polar surface area (TPSA) is 321 Å². The zero-order chi connectivity index (χ0) is 67.7. The maximum atomic E-state index is 14.6. The monoisotopic (exact) mass is 1310 g/mol. The number of ether oxygens (including phenoxy) is 5. The minimum Gasteiger partial charge on any atom is -0.462 e. The second-order valence-corrected chi connectivity index (χ2v) is 26.5. The highest BCUT2D eigenvalue weighted by Gasteiger charge is 2.53. The molecule has 5 aliphatic rings. The number of nitrogens with one attached hydrogen (secondary N) is 5. The summed E-state index contributed by atoms with van der Waals surface area (Å²) in [5.74, 6) is -12.0. The van der Waals surface area contributed by atoms with Gasteiger partial charge in [-0.05, 0) is 120 Å². The fourth-order valence-corrected chi connectivity index (χ4v) is 13.5. The van der Waals surface area contributed by atoms with Gasteiger partial charge in [0.05, 0.1) is 38.0 Å². The molecule has 518 valence electrons. The number of aliphatic hydroxyl groups is 1. The number of ketones is 1. The summed E-state index contributed by atoms with van der Waals surface area (Å²) in [6.07, 6.45) is 8.95. The molecule has 3 aliphatic heterocycles. The Morgan fingerprint density at radius 1 is 0.660 bits per heavy atom. The molecule has 2 aromatic carbocycles. The lowest BCUT2D eigenvalue weighted by atomic mass is 9.78. The standard InChI is InChI=1S/C70H101N7O17/c1-45(39-50-29-32-56(58(42-50)90-5)92-63(82)35-34-62(81)91-51-25-17-9-7-6-8-10-18-26-51)57-43-60(79)71-36-37-72-61(80)44-76(4)67(86)54(41-49-23-15-12-16-24-49)75-66(85)53(40-48-21-13-11-14-22-48)74-65(84)47(3)73-59(78)33-31-52-30-28-46(2)70(89,94-52)64(83)68(87)77-38-20-19-27-55(77)69(88)93-57/h11-16,21-24,45-47,50-58,89H,6-10,17-20,25-44H2,1-5H3,(H,71,79)(H,72,80)(H,73,78)(H,74,84)(H,75,85)/t45-,46-,47+,50+,52+,53+,54+,55+,56-,57+,58-,70-/m1/s1. The fourth-order valence-electron chi connectivity index (χ4n) is 13.5. The van der Waals surface area contributed by atoms with Crippen LogP contribution in [0.25, 0.3) is 0 Å². The van der Waals surface area contributed by atoms with Crippen molar-refractivity contribution in [2.24, 2.45) is 17.8 Å². The summed E-state index contributed by atoms with van der Waals surface area (Å²) in [7, 11) is 2.94. The van der Waals surface area contributed by atoms with Crippen LogP contribution in [0.2, 0.25) is 0 Å². The van der Waals surface area contributed by atoms with E-state index < -0.39 is 138 Å². The molecule has 2 aromatic rings. The smallest absolute Gasteiger partial charge is 0.329 e. The van der Waals surface area contributed by atoms with Crippen LogP contribution in [0.3, 0.4) is 0 Å². The Morgan fingerprint density at radius 3 is 1.90 bits per heavy atom. The van der Waals surface area contributed by atoms with E-state index in [0.29, 0.717) is 56.1 Å². The third kappa shape index (κ3) is 22.7. The van der Waals surface area contributed by atoms with Crippen LogP contribution < -0.4 is 26.6 Å². The van der Waals surface area contributed by atoms with Gasteiger partial charge in [-0.1, -0.05) is 107 Å². The second-order valence-electron chi connectivity index (χ2n) is 26.5. The highest BCUT2D eigenvalue weighted by molar-refractivity contribution is 6.39. The molecule has 24 heteroatoms. The number of nitrogens with zero attached hydrogens (tertiary/aromatic N) is 2.